The third kappa shape index (κ3) is 4.25. The molecule has 0 saturated heterocycles. The van der Waals surface area contributed by atoms with Crippen LogP contribution in [0.3, 0.4) is 0 Å². The van der Waals surface area contributed by atoms with E-state index in [1.807, 2.05) is 0 Å². The molecule has 2 aromatic rings. The molecule has 0 saturated carbocycles. The lowest BCUT2D eigenvalue weighted by molar-refractivity contribution is -0.161. The number of carbonyl (C=O) groups is 4. The van der Waals surface area contributed by atoms with Gasteiger partial charge in [0.15, 0.2) is 5.92 Å². The van der Waals surface area contributed by atoms with Crippen molar-refractivity contribution in [2.75, 3.05) is 14.2 Å². The highest BCUT2D eigenvalue weighted by atomic mass is 16.5. The summed E-state index contributed by atoms with van der Waals surface area (Å²) in [4.78, 5) is 53.0. The van der Waals surface area contributed by atoms with Gasteiger partial charge in [-0.05, 0) is 12.1 Å². The van der Waals surface area contributed by atoms with Crippen LogP contribution in [0.25, 0.3) is 10.9 Å². The van der Waals surface area contributed by atoms with E-state index in [-0.39, 0.29) is 5.56 Å². The fraction of sp³-hybridized carbons (Fsp3) is 0.316. The van der Waals surface area contributed by atoms with Crippen LogP contribution in [0.2, 0.25) is 0 Å². The van der Waals surface area contributed by atoms with Crippen molar-refractivity contribution >= 4 is 34.7 Å². The number of primary amides is 1. The summed E-state index contributed by atoms with van der Waals surface area (Å²) >= 11 is 0. The minimum atomic E-state index is -1.43. The van der Waals surface area contributed by atoms with Gasteiger partial charge in [0.05, 0.1) is 25.3 Å². The number of amides is 2. The predicted molar refractivity (Wildman–Crippen MR) is 98.9 cm³/mol. The minimum absolute atomic E-state index is 0.275. The number of nitrogens with zero attached hydrogens (tertiary/aromatic N) is 1. The fourth-order valence-corrected chi connectivity index (χ4v) is 2.95. The van der Waals surface area contributed by atoms with Gasteiger partial charge in [0, 0.05) is 17.5 Å². The van der Waals surface area contributed by atoms with Gasteiger partial charge in [0.25, 0.3) is 5.91 Å². The second kappa shape index (κ2) is 8.94. The van der Waals surface area contributed by atoms with E-state index < -0.39 is 41.6 Å². The Morgan fingerprint density at radius 2 is 1.64 bits per heavy atom. The Hall–Kier alpha value is -3.49. The molecule has 2 amide bonds. The Labute approximate surface area is 161 Å². The largest absolute Gasteiger partial charge is 0.468 e. The number of fused-ring (bicyclic) bond motifs is 1. The molecule has 148 valence electrons. The van der Waals surface area contributed by atoms with Gasteiger partial charge in [-0.25, -0.2) is 0 Å². The number of hydrogen-bond acceptors (Lipinski definition) is 7. The van der Waals surface area contributed by atoms with E-state index in [1.165, 1.54) is 19.2 Å². The predicted octanol–water partition coefficient (Wildman–Crippen LogP) is 0.417. The molecule has 28 heavy (non-hydrogen) atoms. The van der Waals surface area contributed by atoms with Gasteiger partial charge in [0.1, 0.15) is 6.04 Å². The maximum atomic E-state index is 12.8. The number of hydrogen-bond donors (Lipinski definition) is 2. The normalized spacial score (nSPS) is 12.9. The molecule has 2 atom stereocenters. The summed E-state index contributed by atoms with van der Waals surface area (Å²) in [6.07, 6.45) is 1.46. The molecule has 0 radical (unpaired) electrons. The Bertz CT molecular complexity index is 892. The van der Waals surface area contributed by atoms with Crippen LogP contribution in [-0.4, -0.2) is 49.0 Å². The Kier molecular flexibility index (Phi) is 6.64. The average molecular weight is 387 g/mol. The van der Waals surface area contributed by atoms with Crippen molar-refractivity contribution in [3.05, 3.63) is 42.1 Å². The molecule has 2 rings (SSSR count). The van der Waals surface area contributed by atoms with E-state index >= 15 is 0 Å². The van der Waals surface area contributed by atoms with E-state index in [2.05, 4.69) is 19.8 Å². The van der Waals surface area contributed by atoms with E-state index in [1.54, 1.807) is 24.3 Å². The van der Waals surface area contributed by atoms with Crippen LogP contribution in [0.1, 0.15) is 17.3 Å². The molecule has 1 aromatic heterocycles. The topological polar surface area (TPSA) is 138 Å². The quantitative estimate of drug-likeness (QED) is 0.518. The van der Waals surface area contributed by atoms with E-state index in [0.29, 0.717) is 10.9 Å². The van der Waals surface area contributed by atoms with Gasteiger partial charge in [-0.15, -0.1) is 0 Å². The monoisotopic (exact) mass is 387 g/mol. The maximum Gasteiger partial charge on any atom is 0.320 e. The van der Waals surface area contributed by atoms with Crippen molar-refractivity contribution in [3.8, 4) is 0 Å². The van der Waals surface area contributed by atoms with Gasteiger partial charge in [0.2, 0.25) is 5.91 Å². The van der Waals surface area contributed by atoms with Gasteiger partial charge >= 0.3 is 11.9 Å². The highest BCUT2D eigenvalue weighted by molar-refractivity contribution is 6.07. The Balaban J connectivity index is 2.35. The van der Waals surface area contributed by atoms with Crippen LogP contribution in [0.4, 0.5) is 0 Å². The van der Waals surface area contributed by atoms with Gasteiger partial charge in [-0.3, -0.25) is 24.2 Å². The van der Waals surface area contributed by atoms with Gasteiger partial charge in [-0.1, -0.05) is 25.1 Å². The number of para-hydroxylation sites is 1. The lowest BCUT2D eigenvalue weighted by Gasteiger charge is -2.26. The molecule has 9 nitrogen and oxygen atoms in total. The lowest BCUT2D eigenvalue weighted by atomic mass is 9.86. The molecule has 0 bridgehead atoms. The number of benzene rings is 1. The van der Waals surface area contributed by atoms with Gasteiger partial charge in [-0.2, -0.15) is 0 Å². The number of nitrogens with one attached hydrogen (secondary N) is 1. The maximum absolute atomic E-state index is 12.8. The summed E-state index contributed by atoms with van der Waals surface area (Å²) in [6.45, 7) is 1.43. The average Bonchev–Trinajstić information content (AvgIpc) is 2.70. The van der Waals surface area contributed by atoms with Crippen LogP contribution in [0.5, 0.6) is 0 Å². The lowest BCUT2D eigenvalue weighted by Crippen LogP contribution is -2.52. The number of rotatable bonds is 7. The molecular weight excluding hydrogens is 366 g/mol. The zero-order chi connectivity index (χ0) is 20.8. The smallest absolute Gasteiger partial charge is 0.320 e. The number of carbonyl (C=O) groups excluding carboxylic acids is 4. The van der Waals surface area contributed by atoms with Crippen molar-refractivity contribution < 1.29 is 28.7 Å². The molecule has 0 spiro atoms. The molecule has 0 unspecified atom stereocenters. The number of nitrogens with two attached hydrogens (primary N) is 1. The highest BCUT2D eigenvalue weighted by Crippen LogP contribution is 2.21. The molecule has 0 aliphatic carbocycles. The summed E-state index contributed by atoms with van der Waals surface area (Å²) < 4.78 is 9.24. The highest BCUT2D eigenvalue weighted by Gasteiger charge is 2.41. The van der Waals surface area contributed by atoms with Crippen LogP contribution in [-0.2, 0) is 23.9 Å². The SMILES string of the molecule is COC(=O)C(C(=O)OC)[C@H](C)[C@H](NC(=O)c1ccnc2ccccc12)C(N)=O. The van der Waals surface area contributed by atoms with Crippen LogP contribution >= 0.6 is 0 Å². The zero-order valence-electron chi connectivity index (χ0n) is 15.7. The van der Waals surface area contributed by atoms with E-state index in [9.17, 15) is 19.2 Å². The minimum Gasteiger partial charge on any atom is -0.468 e. The van der Waals surface area contributed by atoms with Crippen LogP contribution in [0.15, 0.2) is 36.5 Å². The summed E-state index contributed by atoms with van der Waals surface area (Å²) in [7, 11) is 2.21. The van der Waals surface area contributed by atoms with Crippen molar-refractivity contribution in [2.45, 2.75) is 13.0 Å². The first-order valence-corrected chi connectivity index (χ1v) is 8.41. The Morgan fingerprint density at radius 3 is 2.21 bits per heavy atom. The molecule has 0 aliphatic rings. The molecule has 9 heteroatoms. The van der Waals surface area contributed by atoms with E-state index in [0.717, 1.165) is 14.2 Å². The second-order valence-corrected chi connectivity index (χ2v) is 6.11. The van der Waals surface area contributed by atoms with Gasteiger partial charge < -0.3 is 20.5 Å². The number of methoxy groups -OCH3 is 2. The third-order valence-corrected chi connectivity index (χ3v) is 4.45. The first-order valence-electron chi connectivity index (χ1n) is 8.41. The summed E-state index contributed by atoms with van der Waals surface area (Å²) in [5, 5.41) is 3.09. The van der Waals surface area contributed by atoms with Crippen LogP contribution < -0.4 is 11.1 Å². The van der Waals surface area contributed by atoms with Crippen molar-refractivity contribution in [3.63, 3.8) is 0 Å². The molecule has 0 fully saturated rings. The number of ether oxygens (including phenoxy) is 2. The molecule has 1 heterocycles. The van der Waals surface area contributed by atoms with E-state index in [4.69, 9.17) is 5.73 Å². The molecule has 1 aromatic carbocycles. The third-order valence-electron chi connectivity index (χ3n) is 4.45. The molecule has 0 aliphatic heterocycles. The number of esters is 2. The zero-order valence-corrected chi connectivity index (χ0v) is 15.7. The number of pyridine rings is 1. The fourth-order valence-electron chi connectivity index (χ4n) is 2.95. The summed E-state index contributed by atoms with van der Waals surface area (Å²) in [5.41, 5.74) is 6.30. The summed E-state index contributed by atoms with van der Waals surface area (Å²) in [6, 6.07) is 7.17. The second-order valence-electron chi connectivity index (χ2n) is 6.11. The Morgan fingerprint density at radius 1 is 1.04 bits per heavy atom. The standard InChI is InChI=1S/C19H21N3O6/c1-10(14(18(25)27-2)19(26)28-3)15(16(20)23)22-17(24)12-8-9-21-13-7-5-4-6-11(12)13/h4-10,14-15H,1-3H3,(H2,20,23)(H,22,24)/t10-,15-/m0/s1. The number of aromatic nitrogens is 1. The first kappa shape index (κ1) is 20.8. The van der Waals surface area contributed by atoms with Crippen molar-refractivity contribution in [2.24, 2.45) is 17.6 Å². The molecule has 3 N–H and O–H groups in total. The van der Waals surface area contributed by atoms with Crippen molar-refractivity contribution in [1.29, 1.82) is 0 Å². The van der Waals surface area contributed by atoms with Crippen molar-refractivity contribution in [1.82, 2.24) is 10.3 Å². The molecular formula is C19H21N3O6. The first-order chi connectivity index (χ1) is 13.3. The summed E-state index contributed by atoms with van der Waals surface area (Å²) in [5.74, 6) is -5.72. The van der Waals surface area contributed by atoms with Crippen LogP contribution in [0, 0.1) is 11.8 Å².